The number of fused-ring (bicyclic) bond motifs is 1. The van der Waals surface area contributed by atoms with E-state index in [0.29, 0.717) is 28.3 Å². The van der Waals surface area contributed by atoms with Crippen molar-refractivity contribution in [1.82, 2.24) is 0 Å². The minimum absolute atomic E-state index is 0.189. The van der Waals surface area contributed by atoms with E-state index < -0.39 is 17.2 Å². The van der Waals surface area contributed by atoms with Crippen LogP contribution in [0.15, 0.2) is 115 Å². The third kappa shape index (κ3) is 5.33. The number of hydrogen-bond donors (Lipinski definition) is 0. The van der Waals surface area contributed by atoms with E-state index in [1.807, 2.05) is 62.4 Å². The highest BCUT2D eigenvalue weighted by molar-refractivity contribution is 6.25. The van der Waals surface area contributed by atoms with Crippen molar-refractivity contribution in [3.63, 3.8) is 0 Å². The number of anilines is 4. The average Bonchev–Trinajstić information content (AvgIpc) is 3.06. The van der Waals surface area contributed by atoms with E-state index in [1.54, 1.807) is 71.6 Å². The van der Waals surface area contributed by atoms with Gasteiger partial charge in [0.05, 0.1) is 11.4 Å². The Morgan fingerprint density at radius 2 is 1.24 bits per heavy atom. The number of Topliss-reactive ketones (excluding diaryl/α,β-unsaturated/α-hetero) is 1. The van der Waals surface area contributed by atoms with Gasteiger partial charge in [0, 0.05) is 29.4 Å². The molecule has 0 radical (unpaired) electrons. The molecule has 0 saturated heterocycles. The van der Waals surface area contributed by atoms with Crippen molar-refractivity contribution in [2.75, 3.05) is 21.2 Å². The molecular formula is C35H33N3O4. The van der Waals surface area contributed by atoms with Crippen LogP contribution in [0.1, 0.15) is 37.6 Å². The molecule has 1 aliphatic heterocycles. The first kappa shape index (κ1) is 28.5. The van der Waals surface area contributed by atoms with Crippen molar-refractivity contribution in [1.29, 1.82) is 0 Å². The SMILES string of the molecule is CC(C)N(C(=O)CN1C(=O)C(C)(CC(=O)c2ccccc2)C(=O)N(c2ccccc2)c2ccccc21)c1ccccc1. The molecule has 0 N–H and O–H groups in total. The van der Waals surface area contributed by atoms with Gasteiger partial charge >= 0.3 is 0 Å². The Kier molecular flexibility index (Phi) is 8.02. The molecule has 3 amide bonds. The first-order valence-corrected chi connectivity index (χ1v) is 14.0. The highest BCUT2D eigenvalue weighted by Crippen LogP contribution is 2.44. The van der Waals surface area contributed by atoms with Crippen molar-refractivity contribution < 1.29 is 19.2 Å². The smallest absolute Gasteiger partial charge is 0.247 e. The molecule has 1 heterocycles. The van der Waals surface area contributed by atoms with Gasteiger partial charge in [-0.15, -0.1) is 0 Å². The summed E-state index contributed by atoms with van der Waals surface area (Å²) in [7, 11) is 0. The van der Waals surface area contributed by atoms with Crippen LogP contribution in [0.2, 0.25) is 0 Å². The highest BCUT2D eigenvalue weighted by Gasteiger charge is 2.52. The van der Waals surface area contributed by atoms with Crippen molar-refractivity contribution in [2.45, 2.75) is 33.2 Å². The topological polar surface area (TPSA) is 78.0 Å². The van der Waals surface area contributed by atoms with Crippen LogP contribution >= 0.6 is 0 Å². The molecule has 212 valence electrons. The zero-order valence-electron chi connectivity index (χ0n) is 23.9. The number of rotatable bonds is 8. The van der Waals surface area contributed by atoms with Gasteiger partial charge in [-0.2, -0.15) is 0 Å². The molecule has 5 rings (SSSR count). The lowest BCUT2D eigenvalue weighted by Crippen LogP contribution is -2.53. The van der Waals surface area contributed by atoms with Gasteiger partial charge in [-0.3, -0.25) is 29.0 Å². The zero-order valence-corrected chi connectivity index (χ0v) is 23.9. The number of carbonyl (C=O) groups excluding carboxylic acids is 4. The third-order valence-electron chi connectivity index (χ3n) is 7.54. The summed E-state index contributed by atoms with van der Waals surface area (Å²) in [5.41, 5.74) is 0.754. The van der Waals surface area contributed by atoms with Crippen LogP contribution in [-0.4, -0.2) is 36.1 Å². The van der Waals surface area contributed by atoms with Crippen LogP contribution in [-0.2, 0) is 14.4 Å². The van der Waals surface area contributed by atoms with Crippen LogP contribution < -0.4 is 14.7 Å². The molecule has 1 unspecified atom stereocenters. The summed E-state index contributed by atoms with van der Waals surface area (Å²) in [5.74, 6) is -1.78. The Labute approximate surface area is 246 Å². The summed E-state index contributed by atoms with van der Waals surface area (Å²) in [6.45, 7) is 5.02. The molecule has 0 spiro atoms. The van der Waals surface area contributed by atoms with Gasteiger partial charge in [0.25, 0.3) is 0 Å². The molecule has 0 aliphatic carbocycles. The van der Waals surface area contributed by atoms with Crippen molar-refractivity contribution >= 4 is 46.3 Å². The summed E-state index contributed by atoms with van der Waals surface area (Å²) in [6.07, 6.45) is -0.358. The summed E-state index contributed by atoms with van der Waals surface area (Å²) in [4.78, 5) is 61.2. The van der Waals surface area contributed by atoms with Crippen LogP contribution in [0.5, 0.6) is 0 Å². The van der Waals surface area contributed by atoms with Crippen molar-refractivity contribution in [3.05, 3.63) is 121 Å². The Morgan fingerprint density at radius 1 is 0.714 bits per heavy atom. The van der Waals surface area contributed by atoms with Gasteiger partial charge in [-0.1, -0.05) is 78.9 Å². The maximum atomic E-state index is 14.6. The van der Waals surface area contributed by atoms with E-state index in [0.717, 1.165) is 0 Å². The van der Waals surface area contributed by atoms with E-state index in [4.69, 9.17) is 0 Å². The Bertz CT molecular complexity index is 1610. The second-order valence-electron chi connectivity index (χ2n) is 10.8. The maximum Gasteiger partial charge on any atom is 0.247 e. The number of para-hydroxylation sites is 4. The van der Waals surface area contributed by atoms with Gasteiger partial charge in [0.15, 0.2) is 5.78 Å². The number of benzene rings is 4. The Hall–Kier alpha value is -5.04. The van der Waals surface area contributed by atoms with Gasteiger partial charge in [-0.25, -0.2) is 0 Å². The van der Waals surface area contributed by atoms with Crippen LogP contribution in [0, 0.1) is 5.41 Å². The molecule has 7 nitrogen and oxygen atoms in total. The second-order valence-corrected chi connectivity index (χ2v) is 10.8. The van der Waals surface area contributed by atoms with Gasteiger partial charge in [-0.05, 0) is 57.2 Å². The minimum Gasteiger partial charge on any atom is -0.308 e. The zero-order chi connectivity index (χ0) is 29.9. The van der Waals surface area contributed by atoms with Crippen LogP contribution in [0.3, 0.4) is 0 Å². The predicted molar refractivity (Wildman–Crippen MR) is 165 cm³/mol. The fraction of sp³-hybridized carbons (Fsp3) is 0.200. The maximum absolute atomic E-state index is 14.6. The number of amides is 3. The predicted octanol–water partition coefficient (Wildman–Crippen LogP) is 6.42. The standard InChI is InChI=1S/C35H33N3O4/c1-25(2)37(27-17-9-5-10-18-27)32(40)24-36-29-21-13-14-22-30(29)38(28-19-11-6-12-20-28)34(42)35(3,33(36)41)23-31(39)26-15-7-4-8-16-26/h4-22,25H,23-24H2,1-3H3. The molecule has 4 aromatic rings. The fourth-order valence-corrected chi connectivity index (χ4v) is 5.46. The van der Waals surface area contributed by atoms with Gasteiger partial charge in [0.1, 0.15) is 12.0 Å². The largest absolute Gasteiger partial charge is 0.308 e. The Balaban J connectivity index is 1.64. The quantitative estimate of drug-likeness (QED) is 0.184. The lowest BCUT2D eigenvalue weighted by molar-refractivity contribution is -0.139. The average molecular weight is 560 g/mol. The molecule has 0 saturated carbocycles. The van der Waals surface area contributed by atoms with E-state index in [2.05, 4.69) is 0 Å². The number of nitrogens with zero attached hydrogens (tertiary/aromatic N) is 3. The molecule has 7 heteroatoms. The fourth-order valence-electron chi connectivity index (χ4n) is 5.46. The minimum atomic E-state index is -1.79. The summed E-state index contributed by atoms with van der Waals surface area (Å²) < 4.78 is 0. The monoisotopic (exact) mass is 559 g/mol. The molecule has 42 heavy (non-hydrogen) atoms. The highest BCUT2D eigenvalue weighted by atomic mass is 16.2. The van der Waals surface area contributed by atoms with Crippen molar-refractivity contribution in [2.24, 2.45) is 5.41 Å². The van der Waals surface area contributed by atoms with Crippen molar-refractivity contribution in [3.8, 4) is 0 Å². The second kappa shape index (κ2) is 11.8. The Morgan fingerprint density at radius 3 is 1.83 bits per heavy atom. The lowest BCUT2D eigenvalue weighted by Gasteiger charge is -2.33. The molecule has 0 fully saturated rings. The van der Waals surface area contributed by atoms with E-state index in [9.17, 15) is 19.2 Å². The normalized spacial score (nSPS) is 16.7. The van der Waals surface area contributed by atoms with Gasteiger partial charge < -0.3 is 4.90 Å². The third-order valence-corrected chi connectivity index (χ3v) is 7.54. The summed E-state index contributed by atoms with van der Waals surface area (Å²) in [5, 5.41) is 0. The molecule has 1 aliphatic rings. The summed E-state index contributed by atoms with van der Waals surface area (Å²) in [6, 6.07) is 33.8. The first-order chi connectivity index (χ1) is 20.2. The lowest BCUT2D eigenvalue weighted by atomic mass is 9.80. The molecule has 0 aromatic heterocycles. The van der Waals surface area contributed by atoms with E-state index in [1.165, 1.54) is 16.7 Å². The molecule has 4 aromatic carbocycles. The molecule has 1 atom stereocenters. The molecular weight excluding hydrogens is 526 g/mol. The van der Waals surface area contributed by atoms with E-state index >= 15 is 0 Å². The van der Waals surface area contributed by atoms with Crippen LogP contribution in [0.25, 0.3) is 0 Å². The number of ketones is 1. The summed E-state index contributed by atoms with van der Waals surface area (Å²) >= 11 is 0. The molecule has 0 bridgehead atoms. The van der Waals surface area contributed by atoms with Crippen LogP contribution in [0.4, 0.5) is 22.7 Å². The number of hydrogen-bond acceptors (Lipinski definition) is 4. The van der Waals surface area contributed by atoms with E-state index in [-0.39, 0.29) is 30.7 Å². The van der Waals surface area contributed by atoms with Gasteiger partial charge in [0.2, 0.25) is 17.7 Å². The first-order valence-electron chi connectivity index (χ1n) is 14.0. The number of carbonyl (C=O) groups is 4.